The molecule has 0 aliphatic carbocycles. The fourth-order valence-corrected chi connectivity index (χ4v) is 1.95. The molecule has 0 radical (unpaired) electrons. The van der Waals surface area contributed by atoms with Crippen molar-refractivity contribution in [1.29, 1.82) is 5.26 Å². The number of pyridine rings is 1. The van der Waals surface area contributed by atoms with Crippen LogP contribution in [0, 0.1) is 11.3 Å². The van der Waals surface area contributed by atoms with Gasteiger partial charge < -0.3 is 4.74 Å². The Morgan fingerprint density at radius 1 is 1.37 bits per heavy atom. The molecule has 19 heavy (non-hydrogen) atoms. The number of carbonyl (C=O) groups excluding carboxylic acids is 1. The Labute approximate surface area is 112 Å². The lowest BCUT2D eigenvalue weighted by Crippen LogP contribution is -2.33. The van der Waals surface area contributed by atoms with Gasteiger partial charge in [-0.3, -0.25) is 4.98 Å². The number of carbonyl (C=O) groups is 1. The van der Waals surface area contributed by atoms with Gasteiger partial charge in [-0.1, -0.05) is 12.2 Å². The number of hydrogen-bond donors (Lipinski definition) is 0. The molecule has 0 saturated heterocycles. The van der Waals surface area contributed by atoms with Gasteiger partial charge in [0, 0.05) is 18.8 Å². The molecule has 1 aliphatic heterocycles. The maximum atomic E-state index is 11.7. The minimum atomic E-state index is -0.574. The number of allylic oxidation sites excluding steroid dienone is 1. The molecular formula is C15H14N2O2. The summed E-state index contributed by atoms with van der Waals surface area (Å²) in [5, 5.41) is 9.05. The van der Waals surface area contributed by atoms with Crippen molar-refractivity contribution < 1.29 is 9.53 Å². The highest BCUT2D eigenvalue weighted by molar-refractivity contribution is 5.95. The first-order valence-electron chi connectivity index (χ1n) is 5.96. The van der Waals surface area contributed by atoms with Crippen LogP contribution in [0.5, 0.6) is 0 Å². The van der Waals surface area contributed by atoms with Crippen LogP contribution in [0.2, 0.25) is 0 Å². The van der Waals surface area contributed by atoms with E-state index < -0.39 is 11.6 Å². The van der Waals surface area contributed by atoms with E-state index in [1.165, 1.54) is 0 Å². The smallest absolute Gasteiger partial charge is 0.349 e. The van der Waals surface area contributed by atoms with E-state index in [-0.39, 0.29) is 5.57 Å². The number of nitriles is 1. The van der Waals surface area contributed by atoms with Gasteiger partial charge in [-0.2, -0.15) is 5.26 Å². The predicted molar refractivity (Wildman–Crippen MR) is 70.7 cm³/mol. The third-order valence-electron chi connectivity index (χ3n) is 2.81. The van der Waals surface area contributed by atoms with Gasteiger partial charge in [0.2, 0.25) is 0 Å². The summed E-state index contributed by atoms with van der Waals surface area (Å²) in [6.45, 7) is 3.67. The van der Waals surface area contributed by atoms with E-state index in [9.17, 15) is 4.79 Å². The topological polar surface area (TPSA) is 63.0 Å². The van der Waals surface area contributed by atoms with Gasteiger partial charge >= 0.3 is 5.97 Å². The van der Waals surface area contributed by atoms with Crippen molar-refractivity contribution in [3.63, 3.8) is 0 Å². The Bertz CT molecular complexity index is 592. The molecule has 2 heterocycles. The van der Waals surface area contributed by atoms with Crippen LogP contribution in [0.15, 0.2) is 41.7 Å². The molecule has 0 N–H and O–H groups in total. The monoisotopic (exact) mass is 254 g/mol. The summed E-state index contributed by atoms with van der Waals surface area (Å²) in [5.41, 5.74) is 1.19. The molecule has 4 heteroatoms. The molecule has 1 aliphatic rings. The largest absolute Gasteiger partial charge is 0.455 e. The Balaban J connectivity index is 2.33. The molecule has 0 amide bonds. The third-order valence-corrected chi connectivity index (χ3v) is 2.81. The van der Waals surface area contributed by atoms with Crippen LogP contribution in [0.25, 0.3) is 6.08 Å². The molecule has 0 atom stereocenters. The maximum Gasteiger partial charge on any atom is 0.349 e. The normalized spacial score (nSPS) is 18.3. The number of esters is 1. The molecule has 4 nitrogen and oxygen atoms in total. The average Bonchev–Trinajstić information content (AvgIpc) is 2.36. The van der Waals surface area contributed by atoms with Gasteiger partial charge in [-0.05, 0) is 37.1 Å². The number of ether oxygens (including phenoxy) is 1. The fraction of sp³-hybridized carbons (Fsp3) is 0.267. The SMILES string of the molecule is CC1(C)CC(/C=C/c2ccncc2)=C(C#N)C(=O)O1. The maximum absolute atomic E-state index is 11.7. The number of nitrogens with zero attached hydrogens (tertiary/aromatic N) is 2. The van der Waals surface area contributed by atoms with Crippen LogP contribution in [0.4, 0.5) is 0 Å². The van der Waals surface area contributed by atoms with Crippen molar-refractivity contribution >= 4 is 12.0 Å². The van der Waals surface area contributed by atoms with Gasteiger partial charge in [0.15, 0.2) is 0 Å². The average molecular weight is 254 g/mol. The zero-order valence-corrected chi connectivity index (χ0v) is 10.9. The van der Waals surface area contributed by atoms with Gasteiger partial charge in [0.25, 0.3) is 0 Å². The van der Waals surface area contributed by atoms with E-state index >= 15 is 0 Å². The van der Waals surface area contributed by atoms with E-state index in [0.29, 0.717) is 12.0 Å². The lowest BCUT2D eigenvalue weighted by Gasteiger charge is -2.30. The first kappa shape index (κ1) is 13.0. The summed E-state index contributed by atoms with van der Waals surface area (Å²) in [7, 11) is 0. The molecule has 0 fully saturated rings. The molecule has 0 spiro atoms. The Morgan fingerprint density at radius 2 is 2.05 bits per heavy atom. The zero-order chi connectivity index (χ0) is 13.9. The predicted octanol–water partition coefficient (Wildman–Crippen LogP) is 2.64. The molecule has 96 valence electrons. The van der Waals surface area contributed by atoms with E-state index in [2.05, 4.69) is 4.98 Å². The second-order valence-electron chi connectivity index (χ2n) is 4.95. The molecule has 1 aromatic heterocycles. The van der Waals surface area contributed by atoms with Crippen molar-refractivity contribution in [3.8, 4) is 6.07 Å². The van der Waals surface area contributed by atoms with E-state index in [1.807, 2.05) is 38.1 Å². The second kappa shape index (κ2) is 5.07. The summed E-state index contributed by atoms with van der Waals surface area (Å²) in [6.07, 6.45) is 7.58. The highest BCUT2D eigenvalue weighted by Gasteiger charge is 2.33. The fourth-order valence-electron chi connectivity index (χ4n) is 1.95. The van der Waals surface area contributed by atoms with Crippen LogP contribution < -0.4 is 0 Å². The van der Waals surface area contributed by atoms with Crippen LogP contribution in [-0.2, 0) is 9.53 Å². The number of cyclic esters (lactones) is 1. The number of aromatic nitrogens is 1. The van der Waals surface area contributed by atoms with Crippen LogP contribution >= 0.6 is 0 Å². The van der Waals surface area contributed by atoms with Crippen LogP contribution in [-0.4, -0.2) is 16.6 Å². The first-order chi connectivity index (χ1) is 9.02. The van der Waals surface area contributed by atoms with Crippen molar-refractivity contribution in [2.24, 2.45) is 0 Å². The van der Waals surface area contributed by atoms with Crippen molar-refractivity contribution in [2.75, 3.05) is 0 Å². The third kappa shape index (κ3) is 3.08. The number of rotatable bonds is 2. The molecule has 1 aromatic rings. The molecule has 0 aromatic carbocycles. The van der Waals surface area contributed by atoms with Crippen molar-refractivity contribution in [3.05, 3.63) is 47.3 Å². The van der Waals surface area contributed by atoms with Gasteiger partial charge in [-0.15, -0.1) is 0 Å². The highest BCUT2D eigenvalue weighted by Crippen LogP contribution is 2.30. The van der Waals surface area contributed by atoms with Gasteiger partial charge in [-0.25, -0.2) is 4.79 Å². The molecule has 0 saturated carbocycles. The number of hydrogen-bond acceptors (Lipinski definition) is 4. The molecular weight excluding hydrogens is 240 g/mol. The van der Waals surface area contributed by atoms with Crippen molar-refractivity contribution in [1.82, 2.24) is 4.98 Å². The Kier molecular flexibility index (Phi) is 3.48. The van der Waals surface area contributed by atoms with Gasteiger partial charge in [0.1, 0.15) is 17.2 Å². The summed E-state index contributed by atoms with van der Waals surface area (Å²) >= 11 is 0. The van der Waals surface area contributed by atoms with Crippen molar-refractivity contribution in [2.45, 2.75) is 25.9 Å². The molecule has 2 rings (SSSR count). The Morgan fingerprint density at radius 3 is 2.68 bits per heavy atom. The second-order valence-corrected chi connectivity index (χ2v) is 4.95. The minimum Gasteiger partial charge on any atom is -0.455 e. The summed E-state index contributed by atoms with van der Waals surface area (Å²) in [4.78, 5) is 15.7. The first-order valence-corrected chi connectivity index (χ1v) is 5.96. The van der Waals surface area contributed by atoms with E-state index in [0.717, 1.165) is 5.56 Å². The standard InChI is InChI=1S/C15H14N2O2/c1-15(2)9-12(13(10-16)14(18)19-15)4-3-11-5-7-17-8-6-11/h3-8H,9H2,1-2H3/b4-3+. The lowest BCUT2D eigenvalue weighted by molar-refractivity contribution is -0.152. The molecule has 0 unspecified atom stereocenters. The Hall–Kier alpha value is -2.41. The summed E-state index contributed by atoms with van der Waals surface area (Å²) in [5.74, 6) is -0.548. The van der Waals surface area contributed by atoms with Crippen LogP contribution in [0.3, 0.4) is 0 Å². The highest BCUT2D eigenvalue weighted by atomic mass is 16.6. The quantitative estimate of drug-likeness (QED) is 0.761. The van der Waals surface area contributed by atoms with Gasteiger partial charge in [0.05, 0.1) is 0 Å². The van der Waals surface area contributed by atoms with E-state index in [1.54, 1.807) is 18.5 Å². The molecule has 0 bridgehead atoms. The van der Waals surface area contributed by atoms with Crippen LogP contribution in [0.1, 0.15) is 25.8 Å². The lowest BCUT2D eigenvalue weighted by atomic mass is 9.91. The zero-order valence-electron chi connectivity index (χ0n) is 10.9. The minimum absolute atomic E-state index is 0.0876. The summed E-state index contributed by atoms with van der Waals surface area (Å²) in [6, 6.07) is 5.63. The summed E-state index contributed by atoms with van der Waals surface area (Å²) < 4.78 is 5.20. The van der Waals surface area contributed by atoms with E-state index in [4.69, 9.17) is 10.00 Å².